The molecule has 13 heavy (non-hydrogen) atoms. The van der Waals surface area contributed by atoms with Crippen molar-refractivity contribution in [1.82, 2.24) is 9.55 Å². The third kappa shape index (κ3) is 2.93. The molecule has 0 saturated carbocycles. The smallest absolute Gasteiger partial charge is 0.203 e. The lowest BCUT2D eigenvalue weighted by molar-refractivity contribution is 0.526. The van der Waals surface area contributed by atoms with Crippen molar-refractivity contribution in [3.05, 3.63) is 25.0 Å². The Morgan fingerprint density at radius 2 is 2.46 bits per heavy atom. The summed E-state index contributed by atoms with van der Waals surface area (Å²) in [5.41, 5.74) is 0. The second kappa shape index (κ2) is 4.70. The molecule has 0 spiro atoms. The predicted molar refractivity (Wildman–Crippen MR) is 55.8 cm³/mol. The number of nitrogens with zero attached hydrogens (tertiary/aromatic N) is 2. The summed E-state index contributed by atoms with van der Waals surface area (Å²) in [6.45, 7) is 9.79. The zero-order chi connectivity index (χ0) is 9.68. The average molecular weight is 179 g/mol. The van der Waals surface area contributed by atoms with Gasteiger partial charge in [-0.05, 0) is 5.92 Å². The lowest BCUT2D eigenvalue weighted by Crippen LogP contribution is -2.09. The Labute approximate surface area is 79.5 Å². The fraction of sp³-hybridized carbons (Fsp3) is 0.500. The van der Waals surface area contributed by atoms with Gasteiger partial charge in [-0.25, -0.2) is 4.98 Å². The van der Waals surface area contributed by atoms with Gasteiger partial charge in [-0.2, -0.15) is 0 Å². The van der Waals surface area contributed by atoms with E-state index in [1.165, 1.54) is 0 Å². The molecule has 0 aromatic carbocycles. The molecule has 3 heteroatoms. The zero-order valence-electron chi connectivity index (χ0n) is 8.33. The third-order valence-electron chi connectivity index (χ3n) is 1.68. The van der Waals surface area contributed by atoms with Gasteiger partial charge in [0.15, 0.2) is 0 Å². The van der Waals surface area contributed by atoms with Gasteiger partial charge < -0.3 is 9.88 Å². The van der Waals surface area contributed by atoms with Crippen LogP contribution in [0.4, 0.5) is 5.95 Å². The van der Waals surface area contributed by atoms with Crippen LogP contribution in [0.3, 0.4) is 0 Å². The molecule has 0 radical (unpaired) electrons. The molecular weight excluding hydrogens is 162 g/mol. The van der Waals surface area contributed by atoms with Gasteiger partial charge in [0.25, 0.3) is 0 Å². The number of imidazole rings is 1. The molecule has 0 aliphatic carbocycles. The van der Waals surface area contributed by atoms with E-state index < -0.39 is 0 Å². The average Bonchev–Trinajstić information content (AvgIpc) is 2.48. The minimum absolute atomic E-state index is 0.637. The molecule has 0 aliphatic heterocycles. The van der Waals surface area contributed by atoms with Crippen LogP contribution in [-0.4, -0.2) is 16.1 Å². The van der Waals surface area contributed by atoms with Crippen LogP contribution in [0.5, 0.6) is 0 Å². The Morgan fingerprint density at radius 3 is 3.08 bits per heavy atom. The van der Waals surface area contributed by atoms with Crippen LogP contribution >= 0.6 is 0 Å². The van der Waals surface area contributed by atoms with Crippen molar-refractivity contribution >= 4 is 5.95 Å². The van der Waals surface area contributed by atoms with Crippen molar-refractivity contribution in [3.8, 4) is 0 Å². The number of hydrogen-bond donors (Lipinski definition) is 1. The molecule has 0 fully saturated rings. The summed E-state index contributed by atoms with van der Waals surface area (Å²) in [7, 11) is 0. The first-order chi connectivity index (χ1) is 6.24. The number of anilines is 1. The molecule has 0 bridgehead atoms. The Bertz CT molecular complexity index is 263. The molecule has 0 unspecified atom stereocenters. The summed E-state index contributed by atoms with van der Waals surface area (Å²) in [5.74, 6) is 1.56. The molecule has 0 atom stereocenters. The second-order valence-corrected chi connectivity index (χ2v) is 3.47. The number of aromatic nitrogens is 2. The van der Waals surface area contributed by atoms with Crippen LogP contribution < -0.4 is 5.32 Å². The van der Waals surface area contributed by atoms with E-state index in [-0.39, 0.29) is 0 Å². The van der Waals surface area contributed by atoms with Crippen LogP contribution in [0.15, 0.2) is 25.0 Å². The summed E-state index contributed by atoms with van der Waals surface area (Å²) >= 11 is 0. The molecule has 0 saturated heterocycles. The quantitative estimate of drug-likeness (QED) is 0.702. The fourth-order valence-electron chi connectivity index (χ4n) is 1.18. The third-order valence-corrected chi connectivity index (χ3v) is 1.68. The van der Waals surface area contributed by atoms with Crippen molar-refractivity contribution < 1.29 is 0 Å². The molecule has 72 valence electrons. The van der Waals surface area contributed by atoms with E-state index >= 15 is 0 Å². The van der Waals surface area contributed by atoms with E-state index in [9.17, 15) is 0 Å². The predicted octanol–water partition coefficient (Wildman–Crippen LogP) is 2.14. The van der Waals surface area contributed by atoms with Crippen LogP contribution in [0.25, 0.3) is 0 Å². The highest BCUT2D eigenvalue weighted by molar-refractivity contribution is 5.26. The summed E-state index contributed by atoms with van der Waals surface area (Å²) < 4.78 is 2.12. The minimum Gasteiger partial charge on any atom is -0.352 e. The van der Waals surface area contributed by atoms with Gasteiger partial charge in [0, 0.05) is 25.5 Å². The van der Waals surface area contributed by atoms with E-state index in [2.05, 4.69) is 35.3 Å². The minimum atomic E-state index is 0.637. The van der Waals surface area contributed by atoms with E-state index in [0.29, 0.717) is 5.92 Å². The standard InChI is InChI=1S/C10H17N3/c1-4-5-11-10-12-6-7-13(10)8-9(2)3/h4,6-7,9H,1,5,8H2,2-3H3,(H,11,12). The molecule has 1 N–H and O–H groups in total. The lowest BCUT2D eigenvalue weighted by Gasteiger charge is -2.10. The van der Waals surface area contributed by atoms with Gasteiger partial charge in [-0.1, -0.05) is 19.9 Å². The second-order valence-electron chi connectivity index (χ2n) is 3.47. The van der Waals surface area contributed by atoms with E-state index in [1.54, 1.807) is 0 Å². The first-order valence-corrected chi connectivity index (χ1v) is 4.60. The van der Waals surface area contributed by atoms with Crippen molar-refractivity contribution in [2.45, 2.75) is 20.4 Å². The molecule has 0 amide bonds. The van der Waals surface area contributed by atoms with E-state index in [0.717, 1.165) is 19.0 Å². The summed E-state index contributed by atoms with van der Waals surface area (Å²) in [6, 6.07) is 0. The molecule has 1 aromatic rings. The number of rotatable bonds is 5. The maximum absolute atomic E-state index is 4.21. The highest BCUT2D eigenvalue weighted by Crippen LogP contribution is 2.07. The molecule has 1 aromatic heterocycles. The van der Waals surface area contributed by atoms with Crippen molar-refractivity contribution in [2.75, 3.05) is 11.9 Å². The highest BCUT2D eigenvalue weighted by Gasteiger charge is 2.02. The number of nitrogens with one attached hydrogen (secondary N) is 1. The topological polar surface area (TPSA) is 29.9 Å². The first-order valence-electron chi connectivity index (χ1n) is 4.60. The van der Waals surface area contributed by atoms with Crippen LogP contribution in [0, 0.1) is 5.92 Å². The summed E-state index contributed by atoms with van der Waals surface area (Å²) in [6.07, 6.45) is 5.63. The molecule has 3 nitrogen and oxygen atoms in total. The molecule has 0 aliphatic rings. The van der Waals surface area contributed by atoms with E-state index in [4.69, 9.17) is 0 Å². The number of hydrogen-bond acceptors (Lipinski definition) is 2. The van der Waals surface area contributed by atoms with Crippen molar-refractivity contribution in [1.29, 1.82) is 0 Å². The van der Waals surface area contributed by atoms with Gasteiger partial charge in [0.05, 0.1) is 0 Å². The molecule has 1 rings (SSSR count). The summed E-state index contributed by atoms with van der Waals surface area (Å²) in [4.78, 5) is 4.21. The zero-order valence-corrected chi connectivity index (χ0v) is 8.33. The van der Waals surface area contributed by atoms with Crippen molar-refractivity contribution in [2.24, 2.45) is 5.92 Å². The highest BCUT2D eigenvalue weighted by atomic mass is 15.2. The Kier molecular flexibility index (Phi) is 3.55. The monoisotopic (exact) mass is 179 g/mol. The first kappa shape index (κ1) is 9.84. The van der Waals surface area contributed by atoms with Gasteiger partial charge in [-0.15, -0.1) is 6.58 Å². The molecule has 1 heterocycles. The lowest BCUT2D eigenvalue weighted by atomic mass is 10.2. The van der Waals surface area contributed by atoms with Gasteiger partial charge in [0.1, 0.15) is 0 Å². The normalized spacial score (nSPS) is 10.4. The largest absolute Gasteiger partial charge is 0.352 e. The van der Waals surface area contributed by atoms with Gasteiger partial charge >= 0.3 is 0 Å². The SMILES string of the molecule is C=CCNc1nccn1CC(C)C. The van der Waals surface area contributed by atoms with Crippen molar-refractivity contribution in [3.63, 3.8) is 0 Å². The molecular formula is C10H17N3. The van der Waals surface area contributed by atoms with Crippen LogP contribution in [0.2, 0.25) is 0 Å². The van der Waals surface area contributed by atoms with Gasteiger partial charge in [-0.3, -0.25) is 0 Å². The maximum atomic E-state index is 4.21. The Morgan fingerprint density at radius 1 is 1.69 bits per heavy atom. The maximum Gasteiger partial charge on any atom is 0.203 e. The Balaban J connectivity index is 2.59. The summed E-state index contributed by atoms with van der Waals surface area (Å²) in [5, 5.41) is 3.18. The Hall–Kier alpha value is -1.25. The van der Waals surface area contributed by atoms with Crippen LogP contribution in [-0.2, 0) is 6.54 Å². The fourth-order valence-corrected chi connectivity index (χ4v) is 1.18. The van der Waals surface area contributed by atoms with Gasteiger partial charge in [0.2, 0.25) is 5.95 Å². The van der Waals surface area contributed by atoms with E-state index in [1.807, 2.05) is 18.5 Å². The van der Waals surface area contributed by atoms with Crippen LogP contribution in [0.1, 0.15) is 13.8 Å².